The van der Waals surface area contributed by atoms with Crippen LogP contribution in [0.25, 0.3) is 0 Å². The first-order valence-electron chi connectivity index (χ1n) is 6.23. The Hall–Kier alpha value is -0.780. The molecule has 1 aromatic rings. The van der Waals surface area contributed by atoms with Crippen LogP contribution in [0.5, 0.6) is 5.75 Å². The van der Waals surface area contributed by atoms with Crippen LogP contribution in [0.4, 0.5) is 0 Å². The van der Waals surface area contributed by atoms with Crippen LogP contribution in [0.2, 0.25) is 0 Å². The number of hydrogen-bond acceptors (Lipinski definition) is 4. The van der Waals surface area contributed by atoms with Crippen molar-refractivity contribution in [2.75, 3.05) is 26.1 Å². The second kappa shape index (κ2) is 8.40. The molecule has 0 amide bonds. The third kappa shape index (κ3) is 5.38. The molecule has 1 rings (SSSR count). The van der Waals surface area contributed by atoms with E-state index in [0.717, 1.165) is 22.8 Å². The summed E-state index contributed by atoms with van der Waals surface area (Å²) >= 11 is 6.70. The second-order valence-electron chi connectivity index (χ2n) is 4.51. The number of nitrogens with two attached hydrogens (primary N) is 1. The van der Waals surface area contributed by atoms with E-state index in [-0.39, 0.29) is 0 Å². The Morgan fingerprint density at radius 3 is 2.68 bits per heavy atom. The first-order valence-corrected chi connectivity index (χ1v) is 7.87. The number of hydrogen-bond donors (Lipinski definition) is 1. The number of ether oxygens (including phenoxy) is 2. The summed E-state index contributed by atoms with van der Waals surface area (Å²) in [6.45, 7) is 6.05. The zero-order valence-electron chi connectivity index (χ0n) is 11.6. The van der Waals surface area contributed by atoms with Crippen LogP contribution >= 0.6 is 24.0 Å². The first kappa shape index (κ1) is 16.3. The van der Waals surface area contributed by atoms with Gasteiger partial charge in [-0.2, -0.15) is 0 Å². The molecule has 5 heteroatoms. The van der Waals surface area contributed by atoms with E-state index in [9.17, 15) is 0 Å². The van der Waals surface area contributed by atoms with Crippen LogP contribution in [0.3, 0.4) is 0 Å². The largest absolute Gasteiger partial charge is 0.490 e. The highest BCUT2D eigenvalue weighted by molar-refractivity contribution is 7.98. The van der Waals surface area contributed by atoms with E-state index in [4.69, 9.17) is 27.4 Å². The minimum Gasteiger partial charge on any atom is -0.490 e. The van der Waals surface area contributed by atoms with E-state index in [1.54, 1.807) is 11.8 Å². The molecule has 0 spiro atoms. The van der Waals surface area contributed by atoms with E-state index in [1.807, 2.05) is 24.5 Å². The predicted octanol–water partition coefficient (Wildman–Crippen LogP) is 3.09. The summed E-state index contributed by atoms with van der Waals surface area (Å²) in [4.78, 5) is 1.40. The van der Waals surface area contributed by atoms with Gasteiger partial charge in [-0.1, -0.05) is 32.1 Å². The Kier molecular flexibility index (Phi) is 7.20. The monoisotopic (exact) mass is 299 g/mol. The lowest BCUT2D eigenvalue weighted by Crippen LogP contribution is -2.15. The molecule has 2 N–H and O–H groups in total. The van der Waals surface area contributed by atoms with Gasteiger partial charge in [-0.05, 0) is 24.3 Å². The first-order chi connectivity index (χ1) is 9.06. The minimum atomic E-state index is 0.364. The second-order valence-corrected chi connectivity index (χ2v) is 5.80. The third-order valence-electron chi connectivity index (χ3n) is 2.39. The molecule has 0 saturated carbocycles. The average molecular weight is 299 g/mol. The van der Waals surface area contributed by atoms with E-state index in [2.05, 4.69) is 13.8 Å². The van der Waals surface area contributed by atoms with Crippen molar-refractivity contribution in [3.8, 4) is 5.75 Å². The fraction of sp³-hybridized carbons (Fsp3) is 0.500. The Labute approximate surface area is 124 Å². The van der Waals surface area contributed by atoms with Crippen molar-refractivity contribution in [2.45, 2.75) is 18.7 Å². The van der Waals surface area contributed by atoms with E-state index < -0.39 is 0 Å². The Morgan fingerprint density at radius 1 is 1.37 bits per heavy atom. The van der Waals surface area contributed by atoms with Crippen LogP contribution in [0, 0.1) is 5.92 Å². The number of benzene rings is 1. The van der Waals surface area contributed by atoms with Crippen LogP contribution in [-0.2, 0) is 4.74 Å². The van der Waals surface area contributed by atoms with Gasteiger partial charge in [0.25, 0.3) is 0 Å². The summed E-state index contributed by atoms with van der Waals surface area (Å²) in [6, 6.07) is 5.82. The minimum absolute atomic E-state index is 0.364. The fourth-order valence-corrected chi connectivity index (χ4v) is 2.48. The standard InChI is InChI=1S/C14H21NO2S2/c1-10(2)9-16-7-8-17-11-5-4-6-12(19-3)13(11)14(15)18/h4-6,10H,7-9H2,1-3H3,(H2,15,18). The lowest BCUT2D eigenvalue weighted by atomic mass is 10.2. The van der Waals surface area contributed by atoms with Gasteiger partial charge >= 0.3 is 0 Å². The van der Waals surface area contributed by atoms with Crippen molar-refractivity contribution in [1.29, 1.82) is 0 Å². The molecule has 0 aromatic heterocycles. The van der Waals surface area contributed by atoms with Crippen LogP contribution in [0.1, 0.15) is 19.4 Å². The Bertz CT molecular complexity index is 422. The molecular weight excluding hydrogens is 278 g/mol. The molecule has 0 aliphatic carbocycles. The highest BCUT2D eigenvalue weighted by atomic mass is 32.2. The third-order valence-corrected chi connectivity index (χ3v) is 3.37. The van der Waals surface area contributed by atoms with Gasteiger partial charge in [-0.25, -0.2) is 0 Å². The van der Waals surface area contributed by atoms with E-state index in [0.29, 0.717) is 24.1 Å². The summed E-state index contributed by atoms with van der Waals surface area (Å²) in [5.74, 6) is 1.26. The molecule has 3 nitrogen and oxygen atoms in total. The highest BCUT2D eigenvalue weighted by Crippen LogP contribution is 2.28. The fourth-order valence-electron chi connectivity index (χ4n) is 1.57. The Morgan fingerprint density at radius 2 is 2.11 bits per heavy atom. The molecular formula is C14H21NO2S2. The maximum Gasteiger partial charge on any atom is 0.130 e. The molecule has 0 aliphatic rings. The topological polar surface area (TPSA) is 44.5 Å². The van der Waals surface area contributed by atoms with Crippen molar-refractivity contribution < 1.29 is 9.47 Å². The molecule has 0 aliphatic heterocycles. The van der Waals surface area contributed by atoms with Gasteiger partial charge in [-0.15, -0.1) is 11.8 Å². The predicted molar refractivity (Wildman–Crippen MR) is 85.3 cm³/mol. The number of rotatable bonds is 8. The lowest BCUT2D eigenvalue weighted by molar-refractivity contribution is 0.0818. The SMILES string of the molecule is CSc1cccc(OCCOCC(C)C)c1C(N)=S. The summed E-state index contributed by atoms with van der Waals surface area (Å²) in [5, 5.41) is 0. The Balaban J connectivity index is 2.60. The molecule has 19 heavy (non-hydrogen) atoms. The van der Waals surface area contributed by atoms with Gasteiger partial charge < -0.3 is 15.2 Å². The molecule has 0 saturated heterocycles. The van der Waals surface area contributed by atoms with E-state index in [1.165, 1.54) is 0 Å². The zero-order chi connectivity index (χ0) is 14.3. The van der Waals surface area contributed by atoms with Crippen molar-refractivity contribution in [3.63, 3.8) is 0 Å². The summed E-state index contributed by atoms with van der Waals surface area (Å²) in [7, 11) is 0. The maximum atomic E-state index is 5.77. The summed E-state index contributed by atoms with van der Waals surface area (Å²) in [5.41, 5.74) is 6.58. The molecule has 1 aromatic carbocycles. The summed E-state index contributed by atoms with van der Waals surface area (Å²) in [6.07, 6.45) is 1.99. The van der Waals surface area contributed by atoms with E-state index >= 15 is 0 Å². The molecule has 0 fully saturated rings. The van der Waals surface area contributed by atoms with Gasteiger partial charge in [0.2, 0.25) is 0 Å². The van der Waals surface area contributed by atoms with Crippen LogP contribution < -0.4 is 10.5 Å². The molecule has 0 radical (unpaired) electrons. The molecule has 0 unspecified atom stereocenters. The average Bonchev–Trinajstić information content (AvgIpc) is 2.37. The normalized spacial score (nSPS) is 10.7. The van der Waals surface area contributed by atoms with Crippen molar-refractivity contribution in [3.05, 3.63) is 23.8 Å². The van der Waals surface area contributed by atoms with Gasteiger partial charge in [0, 0.05) is 11.5 Å². The van der Waals surface area contributed by atoms with Crippen molar-refractivity contribution >= 4 is 29.0 Å². The molecule has 0 heterocycles. The zero-order valence-corrected chi connectivity index (χ0v) is 13.3. The quantitative estimate of drug-likeness (QED) is 0.454. The van der Waals surface area contributed by atoms with Crippen molar-refractivity contribution in [1.82, 2.24) is 0 Å². The summed E-state index contributed by atoms with van der Waals surface area (Å²) < 4.78 is 11.2. The van der Waals surface area contributed by atoms with Gasteiger partial charge in [0.15, 0.2) is 0 Å². The maximum absolute atomic E-state index is 5.77. The van der Waals surface area contributed by atoms with Crippen LogP contribution in [-0.4, -0.2) is 31.1 Å². The van der Waals surface area contributed by atoms with Crippen LogP contribution in [0.15, 0.2) is 23.1 Å². The molecule has 0 atom stereocenters. The van der Waals surface area contributed by atoms with Gasteiger partial charge in [0.1, 0.15) is 17.3 Å². The highest BCUT2D eigenvalue weighted by Gasteiger charge is 2.11. The molecule has 106 valence electrons. The number of thioether (sulfide) groups is 1. The van der Waals surface area contributed by atoms with Gasteiger partial charge in [-0.3, -0.25) is 0 Å². The smallest absolute Gasteiger partial charge is 0.130 e. The number of thiocarbonyl (C=S) groups is 1. The molecule has 0 bridgehead atoms. The van der Waals surface area contributed by atoms with Gasteiger partial charge in [0.05, 0.1) is 12.2 Å². The lowest BCUT2D eigenvalue weighted by Gasteiger charge is -2.14. The van der Waals surface area contributed by atoms with Crippen molar-refractivity contribution in [2.24, 2.45) is 11.7 Å².